The maximum absolute atomic E-state index is 14.5. The lowest BCUT2D eigenvalue weighted by Crippen LogP contribution is -2.33. The van der Waals surface area contributed by atoms with Gasteiger partial charge in [-0.2, -0.15) is 13.2 Å². The number of hydrogen-bond acceptors (Lipinski definition) is 8. The Balaban J connectivity index is 1.18. The molecule has 0 bridgehead atoms. The summed E-state index contributed by atoms with van der Waals surface area (Å²) in [6.07, 6.45) is -4.32. The average molecular weight is 838 g/mol. The van der Waals surface area contributed by atoms with Crippen LogP contribution in [0.25, 0.3) is 11.1 Å². The molecule has 5 rings (SSSR count). The first-order valence-electron chi connectivity index (χ1n) is 18.5. The monoisotopic (exact) mass is 837 g/mol. The van der Waals surface area contributed by atoms with Crippen molar-refractivity contribution in [3.05, 3.63) is 143 Å². The minimum atomic E-state index is -4.87. The van der Waals surface area contributed by atoms with Gasteiger partial charge in [0.25, 0.3) is 15.9 Å². The first-order chi connectivity index (χ1) is 27.2. The van der Waals surface area contributed by atoms with E-state index in [1.165, 1.54) is 23.9 Å². The van der Waals surface area contributed by atoms with Crippen molar-refractivity contribution >= 4 is 50.7 Å². The Morgan fingerprint density at radius 3 is 2.23 bits per heavy atom. The predicted molar refractivity (Wildman–Crippen MR) is 227 cm³/mol. The zero-order chi connectivity index (χ0) is 41.0. The van der Waals surface area contributed by atoms with Gasteiger partial charge in [-0.25, -0.2) is 13.1 Å². The van der Waals surface area contributed by atoms with Gasteiger partial charge in [0.1, 0.15) is 0 Å². The highest BCUT2D eigenvalue weighted by atomic mass is 35.5. The Hall–Kier alpha value is -4.53. The number of nitrogens with zero attached hydrogens (tertiary/aromatic N) is 1. The van der Waals surface area contributed by atoms with Crippen LogP contribution in [0.1, 0.15) is 41.8 Å². The Labute approximate surface area is 342 Å². The van der Waals surface area contributed by atoms with Crippen LogP contribution in [-0.4, -0.2) is 63.7 Å². The summed E-state index contributed by atoms with van der Waals surface area (Å²) in [5.74, 6) is -0.485. The van der Waals surface area contributed by atoms with Crippen LogP contribution in [0.15, 0.2) is 131 Å². The van der Waals surface area contributed by atoms with Crippen molar-refractivity contribution in [1.82, 2.24) is 14.9 Å². The van der Waals surface area contributed by atoms with Crippen molar-refractivity contribution < 1.29 is 26.4 Å². The molecule has 0 saturated carbocycles. The number of thioether (sulfide) groups is 1. The highest BCUT2D eigenvalue weighted by molar-refractivity contribution is 7.99. The maximum Gasteiger partial charge on any atom is 0.418 e. The number of rotatable bonds is 19. The van der Waals surface area contributed by atoms with E-state index < -0.39 is 32.6 Å². The van der Waals surface area contributed by atoms with Gasteiger partial charge in [0, 0.05) is 70.9 Å². The van der Waals surface area contributed by atoms with Crippen molar-refractivity contribution in [2.45, 2.75) is 54.9 Å². The lowest BCUT2D eigenvalue weighted by atomic mass is 10.00. The summed E-state index contributed by atoms with van der Waals surface area (Å²) in [5, 5.41) is 10.4. The average Bonchev–Trinajstić information content (AvgIpc) is 3.19. The molecular formula is C43H47ClF3N5O3S2. The smallest absolute Gasteiger partial charge is 0.384 e. The molecule has 0 unspecified atom stereocenters. The van der Waals surface area contributed by atoms with Crippen LogP contribution in [0, 0.1) is 0 Å². The minimum absolute atomic E-state index is 0.0283. The molecule has 8 nitrogen and oxygen atoms in total. The topological polar surface area (TPSA) is 103 Å². The van der Waals surface area contributed by atoms with Gasteiger partial charge in [-0.05, 0) is 111 Å². The van der Waals surface area contributed by atoms with Gasteiger partial charge in [0.15, 0.2) is 0 Å². The number of alkyl halides is 3. The molecule has 0 saturated heterocycles. The molecule has 5 aromatic rings. The van der Waals surface area contributed by atoms with Gasteiger partial charge >= 0.3 is 6.18 Å². The van der Waals surface area contributed by atoms with Crippen LogP contribution in [0.5, 0.6) is 0 Å². The number of benzene rings is 5. The van der Waals surface area contributed by atoms with Crippen LogP contribution in [0.2, 0.25) is 5.02 Å². The number of nitrogens with one attached hydrogen (secondary N) is 4. The lowest BCUT2D eigenvalue weighted by molar-refractivity contribution is -0.137. The van der Waals surface area contributed by atoms with E-state index >= 15 is 0 Å². The third-order valence-corrected chi connectivity index (χ3v) is 12.1. The molecule has 0 aliphatic carbocycles. The zero-order valence-electron chi connectivity index (χ0n) is 31.9. The number of anilines is 2. The van der Waals surface area contributed by atoms with Crippen LogP contribution in [0.4, 0.5) is 24.5 Å². The minimum Gasteiger partial charge on any atom is -0.384 e. The highest BCUT2D eigenvalue weighted by Crippen LogP contribution is 2.37. The number of amides is 1. The quantitative estimate of drug-likeness (QED) is 0.0482. The number of halogens is 4. The summed E-state index contributed by atoms with van der Waals surface area (Å²) in [7, 11) is -2.70. The first kappa shape index (κ1) is 43.6. The second-order valence-corrected chi connectivity index (χ2v) is 17.0. The van der Waals surface area contributed by atoms with E-state index in [2.05, 4.69) is 33.0 Å². The molecule has 302 valence electrons. The molecule has 0 heterocycles. The first-order valence-corrected chi connectivity index (χ1v) is 21.4. The lowest BCUT2D eigenvalue weighted by Gasteiger charge is -2.27. The zero-order valence-corrected chi connectivity index (χ0v) is 34.3. The predicted octanol–water partition coefficient (Wildman–Crippen LogP) is 9.65. The fourth-order valence-electron chi connectivity index (χ4n) is 5.88. The summed E-state index contributed by atoms with van der Waals surface area (Å²) >= 11 is 7.58. The van der Waals surface area contributed by atoms with Gasteiger partial charge in [-0.3, -0.25) is 4.79 Å². The van der Waals surface area contributed by atoms with E-state index in [4.69, 9.17) is 11.6 Å². The molecule has 0 spiro atoms. The molecule has 0 fully saturated rings. The summed E-state index contributed by atoms with van der Waals surface area (Å²) < 4.78 is 71.8. The van der Waals surface area contributed by atoms with E-state index in [1.807, 2.05) is 92.3 Å². The van der Waals surface area contributed by atoms with Crippen molar-refractivity contribution in [2.75, 3.05) is 43.1 Å². The largest absolute Gasteiger partial charge is 0.418 e. The third kappa shape index (κ3) is 13.0. The van der Waals surface area contributed by atoms with Crippen molar-refractivity contribution in [1.29, 1.82) is 0 Å². The molecule has 0 radical (unpaired) electrons. The van der Waals surface area contributed by atoms with Gasteiger partial charge in [0.05, 0.1) is 10.5 Å². The van der Waals surface area contributed by atoms with Crippen LogP contribution < -0.4 is 20.7 Å². The maximum atomic E-state index is 14.5. The molecule has 1 atom stereocenters. The number of hydrogen-bond donors (Lipinski definition) is 4. The highest BCUT2D eigenvalue weighted by Gasteiger charge is 2.36. The summed E-state index contributed by atoms with van der Waals surface area (Å²) in [4.78, 5) is 15.4. The molecular weight excluding hydrogens is 791 g/mol. The second kappa shape index (κ2) is 20.2. The van der Waals surface area contributed by atoms with E-state index in [-0.39, 0.29) is 23.3 Å². The van der Waals surface area contributed by atoms with E-state index in [9.17, 15) is 26.4 Å². The number of carbonyl (C=O) groups is 1. The van der Waals surface area contributed by atoms with Gasteiger partial charge in [0.2, 0.25) is 0 Å². The normalized spacial score (nSPS) is 12.4. The van der Waals surface area contributed by atoms with Gasteiger partial charge in [-0.1, -0.05) is 66.2 Å². The molecule has 4 N–H and O–H groups in total. The van der Waals surface area contributed by atoms with Crippen molar-refractivity contribution in [3.8, 4) is 11.1 Å². The fraction of sp³-hybridized carbons (Fsp3) is 0.279. The van der Waals surface area contributed by atoms with Crippen LogP contribution >= 0.6 is 23.4 Å². The molecule has 1 amide bonds. The van der Waals surface area contributed by atoms with Crippen LogP contribution in [-0.2, 0) is 22.7 Å². The molecule has 5 aromatic carbocycles. The van der Waals surface area contributed by atoms with E-state index in [0.717, 1.165) is 33.7 Å². The fourth-order valence-corrected chi connectivity index (χ4v) is 8.00. The Morgan fingerprint density at radius 1 is 0.860 bits per heavy atom. The Kier molecular flexibility index (Phi) is 15.5. The number of carbonyl (C=O) groups excluding carboxylic acids is 1. The van der Waals surface area contributed by atoms with E-state index in [0.29, 0.717) is 55.1 Å². The summed E-state index contributed by atoms with van der Waals surface area (Å²) in [6, 6.07) is 34.2. The molecule has 57 heavy (non-hydrogen) atoms. The summed E-state index contributed by atoms with van der Waals surface area (Å²) in [5.41, 5.74) is 2.67. The summed E-state index contributed by atoms with van der Waals surface area (Å²) in [6.45, 7) is 6.56. The molecule has 0 aliphatic rings. The standard InChI is InChI=1S/C43H47ClF3N5O3S2/c1-30(2)52(3)26-23-36(29-56-37-10-5-4-6-11-37)50-41-22-21-38(27-40(41)43(45,46)47)57(54,55)51-42(53)32-15-19-35(20-16-32)49-25-24-48-28-33-9-7-8-12-39(33)31-13-17-34(44)18-14-31/h4-22,27,30,36,48-50H,23-26,28-29H2,1-3H3,(H,51,53)/t36-/m1/s1. The SMILES string of the molecule is CC(C)N(C)CC[C@H](CSc1ccccc1)Nc1ccc(S(=O)(=O)NC(=O)c2ccc(NCCNCc3ccccc3-c3ccc(Cl)cc3)cc2)cc1C(F)(F)F. The van der Waals surface area contributed by atoms with Gasteiger partial charge < -0.3 is 20.9 Å². The molecule has 0 aliphatic heterocycles. The van der Waals surface area contributed by atoms with E-state index in [1.54, 1.807) is 12.1 Å². The van der Waals surface area contributed by atoms with Crippen LogP contribution in [0.3, 0.4) is 0 Å². The van der Waals surface area contributed by atoms with Gasteiger partial charge in [-0.15, -0.1) is 11.8 Å². The number of sulfonamides is 1. The Morgan fingerprint density at radius 2 is 1.54 bits per heavy atom. The van der Waals surface area contributed by atoms with Crippen molar-refractivity contribution in [2.24, 2.45) is 0 Å². The molecule has 0 aromatic heterocycles. The molecule has 14 heteroatoms. The second-order valence-electron chi connectivity index (χ2n) is 13.8. The Bertz CT molecular complexity index is 2170. The third-order valence-electron chi connectivity index (χ3n) is 9.37. The van der Waals surface area contributed by atoms with Crippen molar-refractivity contribution in [3.63, 3.8) is 0 Å².